The minimum absolute atomic E-state index is 0.0624. The molecule has 2 rings (SSSR count). The molecule has 0 radical (unpaired) electrons. The Morgan fingerprint density at radius 1 is 1.00 bits per heavy atom. The van der Waals surface area contributed by atoms with E-state index in [2.05, 4.69) is 0 Å². The first-order chi connectivity index (χ1) is 10.2. The lowest BCUT2D eigenvalue weighted by Gasteiger charge is -2.13. The molecule has 0 saturated heterocycles. The summed E-state index contributed by atoms with van der Waals surface area (Å²) >= 11 is 0. The smallest absolute Gasteiger partial charge is 0.339 e. The number of rotatable bonds is 4. The van der Waals surface area contributed by atoms with Crippen LogP contribution in [-0.2, 0) is 10.1 Å². The predicted molar refractivity (Wildman–Crippen MR) is 81.9 cm³/mol. The zero-order chi connectivity index (χ0) is 16.5. The van der Waals surface area contributed by atoms with E-state index < -0.39 is 16.1 Å². The van der Waals surface area contributed by atoms with E-state index in [0.717, 1.165) is 5.56 Å². The summed E-state index contributed by atoms with van der Waals surface area (Å²) < 4.78 is 30.0. The third-order valence-electron chi connectivity index (χ3n) is 3.16. The van der Waals surface area contributed by atoms with E-state index in [4.69, 9.17) is 9.29 Å². The number of hydrogen-bond acceptors (Lipinski definition) is 4. The van der Waals surface area contributed by atoms with Gasteiger partial charge < -0.3 is 9.29 Å². The average Bonchev–Trinajstić information content (AvgIpc) is 2.36. The maximum absolute atomic E-state index is 12.4. The maximum Gasteiger partial charge on any atom is 0.339 e. The van der Waals surface area contributed by atoms with Crippen molar-refractivity contribution in [2.45, 2.75) is 25.7 Å². The Morgan fingerprint density at radius 2 is 1.50 bits per heavy atom. The Labute approximate surface area is 129 Å². The van der Waals surface area contributed by atoms with Crippen molar-refractivity contribution in [3.63, 3.8) is 0 Å². The fourth-order valence-corrected chi connectivity index (χ4v) is 3.74. The van der Waals surface area contributed by atoms with Gasteiger partial charge in [-0.05, 0) is 56.2 Å². The summed E-state index contributed by atoms with van der Waals surface area (Å²) in [4.78, 5) is 10.9. The average molecular weight is 320 g/mol. The van der Waals surface area contributed by atoms with Gasteiger partial charge in [0, 0.05) is 0 Å². The van der Waals surface area contributed by atoms with Crippen LogP contribution in [0, 0.1) is 20.8 Å². The Hall–Kier alpha value is -2.34. The van der Waals surface area contributed by atoms with Crippen LogP contribution in [0.1, 0.15) is 27.0 Å². The zero-order valence-corrected chi connectivity index (χ0v) is 13.3. The van der Waals surface area contributed by atoms with Gasteiger partial charge in [0.2, 0.25) is 0 Å². The Kier molecular flexibility index (Phi) is 4.23. The highest BCUT2D eigenvalue weighted by Crippen LogP contribution is 2.25. The lowest BCUT2D eigenvalue weighted by atomic mass is 10.1. The van der Waals surface area contributed by atoms with Gasteiger partial charge in [-0.25, -0.2) is 4.79 Å². The van der Waals surface area contributed by atoms with Crippen LogP contribution >= 0.6 is 0 Å². The van der Waals surface area contributed by atoms with Gasteiger partial charge in [0.25, 0.3) is 0 Å². The van der Waals surface area contributed by atoms with Crippen LogP contribution in [0.25, 0.3) is 0 Å². The van der Waals surface area contributed by atoms with E-state index in [1.54, 1.807) is 26.0 Å². The van der Waals surface area contributed by atoms with Crippen LogP contribution in [-0.4, -0.2) is 19.5 Å². The minimum Gasteiger partial charge on any atom is -0.478 e. The molecule has 0 saturated carbocycles. The first kappa shape index (κ1) is 16.0. The van der Waals surface area contributed by atoms with Gasteiger partial charge in [-0.1, -0.05) is 17.7 Å². The lowest BCUT2D eigenvalue weighted by Crippen LogP contribution is -2.13. The molecule has 116 valence electrons. The minimum atomic E-state index is -3.97. The molecule has 0 amide bonds. The standard InChI is InChI=1S/C16H16O5S/c1-10-8-11(2)15(12(3)9-10)22(19,20)21-14-6-4-13(5-7-14)16(17)18/h4-9H,1-3H3,(H,17,18). The maximum atomic E-state index is 12.4. The number of aromatic carboxylic acids is 1. The van der Waals surface area contributed by atoms with Gasteiger partial charge in [-0.15, -0.1) is 0 Å². The van der Waals surface area contributed by atoms with Gasteiger partial charge in [0.15, 0.2) is 0 Å². The van der Waals surface area contributed by atoms with Crippen LogP contribution in [0.3, 0.4) is 0 Å². The molecule has 0 aliphatic carbocycles. The van der Waals surface area contributed by atoms with Crippen LogP contribution < -0.4 is 4.18 Å². The number of benzene rings is 2. The van der Waals surface area contributed by atoms with Crippen LogP contribution in [0.4, 0.5) is 0 Å². The van der Waals surface area contributed by atoms with Gasteiger partial charge in [-0.3, -0.25) is 0 Å². The zero-order valence-electron chi connectivity index (χ0n) is 12.5. The molecule has 0 spiro atoms. The van der Waals surface area contributed by atoms with Crippen molar-refractivity contribution >= 4 is 16.1 Å². The normalized spacial score (nSPS) is 11.2. The first-order valence-corrected chi connectivity index (χ1v) is 7.97. The molecule has 0 heterocycles. The van der Waals surface area contributed by atoms with E-state index >= 15 is 0 Å². The van der Waals surface area contributed by atoms with E-state index in [1.807, 2.05) is 6.92 Å². The molecule has 0 aliphatic heterocycles. The van der Waals surface area contributed by atoms with Crippen molar-refractivity contribution in [1.82, 2.24) is 0 Å². The number of carboxylic acid groups (broad SMARTS) is 1. The molecule has 1 N–H and O–H groups in total. The topological polar surface area (TPSA) is 80.7 Å². The molecule has 0 bridgehead atoms. The SMILES string of the molecule is Cc1cc(C)c(S(=O)(=O)Oc2ccc(C(=O)O)cc2)c(C)c1. The molecule has 5 nitrogen and oxygen atoms in total. The fraction of sp³-hybridized carbons (Fsp3) is 0.188. The Morgan fingerprint density at radius 3 is 1.95 bits per heavy atom. The van der Waals surface area contributed by atoms with Crippen LogP contribution in [0.5, 0.6) is 5.75 Å². The number of aryl methyl sites for hydroxylation is 3. The van der Waals surface area contributed by atoms with Gasteiger partial charge in [0.05, 0.1) is 5.56 Å². The molecule has 6 heteroatoms. The Balaban J connectivity index is 2.38. The second-order valence-corrected chi connectivity index (χ2v) is 6.58. The van der Waals surface area contributed by atoms with Crippen molar-refractivity contribution in [3.8, 4) is 5.75 Å². The van der Waals surface area contributed by atoms with E-state index in [0.29, 0.717) is 11.1 Å². The van der Waals surface area contributed by atoms with E-state index in [9.17, 15) is 13.2 Å². The largest absolute Gasteiger partial charge is 0.478 e. The quantitative estimate of drug-likeness (QED) is 0.876. The van der Waals surface area contributed by atoms with Crippen molar-refractivity contribution in [3.05, 3.63) is 58.7 Å². The van der Waals surface area contributed by atoms with Gasteiger partial charge in [0.1, 0.15) is 10.6 Å². The molecule has 2 aromatic carbocycles. The third kappa shape index (κ3) is 3.28. The molecule has 0 atom stereocenters. The lowest BCUT2D eigenvalue weighted by molar-refractivity contribution is 0.0697. The highest BCUT2D eigenvalue weighted by molar-refractivity contribution is 7.87. The molecule has 0 unspecified atom stereocenters. The highest BCUT2D eigenvalue weighted by Gasteiger charge is 2.22. The van der Waals surface area contributed by atoms with Crippen LogP contribution in [0.2, 0.25) is 0 Å². The summed E-state index contributed by atoms with van der Waals surface area (Å²) in [6.07, 6.45) is 0. The number of carbonyl (C=O) groups is 1. The highest BCUT2D eigenvalue weighted by atomic mass is 32.2. The summed E-state index contributed by atoms with van der Waals surface area (Å²) in [5.74, 6) is -1.01. The van der Waals surface area contributed by atoms with Crippen molar-refractivity contribution < 1.29 is 22.5 Å². The van der Waals surface area contributed by atoms with Crippen molar-refractivity contribution in [2.75, 3.05) is 0 Å². The molecule has 22 heavy (non-hydrogen) atoms. The summed E-state index contributed by atoms with van der Waals surface area (Å²) in [5, 5.41) is 8.83. The number of hydrogen-bond donors (Lipinski definition) is 1. The summed E-state index contributed by atoms with van der Waals surface area (Å²) in [5.41, 5.74) is 2.26. The summed E-state index contributed by atoms with van der Waals surface area (Å²) in [6.45, 7) is 5.31. The molecule has 0 fully saturated rings. The van der Waals surface area contributed by atoms with E-state index in [-0.39, 0.29) is 16.2 Å². The van der Waals surface area contributed by atoms with E-state index in [1.165, 1.54) is 24.3 Å². The van der Waals surface area contributed by atoms with Crippen molar-refractivity contribution in [1.29, 1.82) is 0 Å². The molecule has 0 aromatic heterocycles. The summed E-state index contributed by atoms with van der Waals surface area (Å²) in [6, 6.07) is 8.78. The summed E-state index contributed by atoms with van der Waals surface area (Å²) in [7, 11) is -3.97. The first-order valence-electron chi connectivity index (χ1n) is 6.56. The molecule has 2 aromatic rings. The van der Waals surface area contributed by atoms with Crippen molar-refractivity contribution in [2.24, 2.45) is 0 Å². The molecular formula is C16H16O5S. The monoisotopic (exact) mass is 320 g/mol. The second kappa shape index (κ2) is 5.81. The second-order valence-electron chi connectivity index (χ2n) is 5.09. The molecular weight excluding hydrogens is 304 g/mol. The molecule has 0 aliphatic rings. The predicted octanol–water partition coefficient (Wildman–Crippen LogP) is 3.08. The number of carboxylic acids is 1. The third-order valence-corrected chi connectivity index (χ3v) is 4.72. The van der Waals surface area contributed by atoms with Crippen LogP contribution in [0.15, 0.2) is 41.3 Å². The fourth-order valence-electron chi connectivity index (χ4n) is 2.38. The Bertz CT molecular complexity index is 797. The van der Waals surface area contributed by atoms with Gasteiger partial charge in [-0.2, -0.15) is 8.42 Å². The van der Waals surface area contributed by atoms with Gasteiger partial charge >= 0.3 is 16.1 Å².